The molecule has 0 spiro atoms. The summed E-state index contributed by atoms with van der Waals surface area (Å²) in [4.78, 5) is -7.54. The fraction of sp³-hybridized carbons (Fsp3) is 0.0833. The van der Waals surface area contributed by atoms with Gasteiger partial charge in [-0.2, -0.15) is 47.2 Å². The zero-order valence-electron chi connectivity index (χ0n) is 26.5. The van der Waals surface area contributed by atoms with Gasteiger partial charge >= 0.3 is 10.4 Å². The average molecular weight is 912 g/mol. The topological polar surface area (TPSA) is 411 Å². The summed E-state index contributed by atoms with van der Waals surface area (Å²) in [6.45, 7) is -0.965. The van der Waals surface area contributed by atoms with E-state index in [0.717, 1.165) is 24.3 Å². The van der Waals surface area contributed by atoms with Crippen molar-refractivity contribution in [1.82, 2.24) is 0 Å². The molecule has 0 saturated carbocycles. The van der Waals surface area contributed by atoms with Crippen LogP contribution in [0.3, 0.4) is 0 Å². The van der Waals surface area contributed by atoms with Crippen molar-refractivity contribution in [2.45, 2.75) is 24.5 Å². The fourth-order valence-electron chi connectivity index (χ4n) is 4.53. The van der Waals surface area contributed by atoms with Crippen LogP contribution < -0.4 is 5.73 Å². The number of sulfone groups is 1. The molecule has 0 aromatic heterocycles. The van der Waals surface area contributed by atoms with Gasteiger partial charge in [0.25, 0.3) is 40.5 Å². The molecule has 304 valence electrons. The molecule has 4 aromatic carbocycles. The zero-order chi connectivity index (χ0) is 42.6. The van der Waals surface area contributed by atoms with E-state index in [2.05, 4.69) is 24.6 Å². The summed E-state index contributed by atoms with van der Waals surface area (Å²) in [5.74, 6) is -7.09. The average Bonchev–Trinajstić information content (AvgIpc) is 3.00. The first-order valence-electron chi connectivity index (χ1n) is 13.7. The summed E-state index contributed by atoms with van der Waals surface area (Å²) in [5, 5.41) is 23.1. The maximum absolute atomic E-state index is 14.9. The molecule has 24 nitrogen and oxygen atoms in total. The van der Waals surface area contributed by atoms with Gasteiger partial charge in [-0.1, -0.05) is 0 Å². The maximum Gasteiger partial charge on any atom is 0.397 e. The minimum Gasteiger partial charge on any atom is -0.505 e. The van der Waals surface area contributed by atoms with Gasteiger partial charge in [0.1, 0.15) is 32.7 Å². The van der Waals surface area contributed by atoms with E-state index in [9.17, 15) is 78.1 Å². The predicted molar refractivity (Wildman–Crippen MR) is 180 cm³/mol. The highest BCUT2D eigenvalue weighted by atomic mass is 32.3. The number of fused-ring (bicyclic) bond motifs is 1. The molecule has 0 saturated heterocycles. The molecular weight excluding hydrogens is 893 g/mol. The van der Waals surface area contributed by atoms with Crippen molar-refractivity contribution in [2.24, 2.45) is 20.5 Å². The number of benzene rings is 4. The van der Waals surface area contributed by atoms with Crippen molar-refractivity contribution < 1.29 is 91.3 Å². The van der Waals surface area contributed by atoms with Gasteiger partial charge in [0, 0.05) is 6.07 Å². The third kappa shape index (κ3) is 9.61. The quantitative estimate of drug-likeness (QED) is 0.0576. The van der Waals surface area contributed by atoms with Gasteiger partial charge in [-0.25, -0.2) is 21.4 Å². The number of halogens is 2. The van der Waals surface area contributed by atoms with Crippen LogP contribution in [0.1, 0.15) is 0 Å². The molecule has 0 aliphatic carbocycles. The number of anilines is 1. The van der Waals surface area contributed by atoms with Crippen LogP contribution in [0.5, 0.6) is 5.75 Å². The van der Waals surface area contributed by atoms with E-state index in [1.807, 2.05) is 0 Å². The number of nitrogens with zero attached hydrogens (tertiary/aromatic N) is 4. The van der Waals surface area contributed by atoms with Gasteiger partial charge in [-0.3, -0.25) is 22.8 Å². The Bertz CT molecular complexity index is 3070. The van der Waals surface area contributed by atoms with Gasteiger partial charge in [-0.05, 0) is 41.8 Å². The Kier molecular flexibility index (Phi) is 11.8. The Labute approximate surface area is 312 Å². The van der Waals surface area contributed by atoms with E-state index in [-0.39, 0.29) is 11.8 Å². The van der Waals surface area contributed by atoms with Crippen LogP contribution in [0.25, 0.3) is 10.8 Å². The lowest BCUT2D eigenvalue weighted by atomic mass is 10.1. The third-order valence-electron chi connectivity index (χ3n) is 6.80. The molecule has 32 heteroatoms. The van der Waals surface area contributed by atoms with E-state index in [0.29, 0.717) is 12.1 Å². The van der Waals surface area contributed by atoms with E-state index >= 15 is 0 Å². The number of hydrogen-bond acceptors (Lipinski definition) is 19. The second-order valence-electron chi connectivity index (χ2n) is 10.5. The molecule has 4 aromatic rings. The van der Waals surface area contributed by atoms with Crippen molar-refractivity contribution in [3.8, 4) is 5.75 Å². The van der Waals surface area contributed by atoms with Gasteiger partial charge in [0.05, 0.1) is 34.0 Å². The smallest absolute Gasteiger partial charge is 0.397 e. The molecule has 0 aliphatic heterocycles. The number of azo groups is 2. The van der Waals surface area contributed by atoms with E-state index in [1.165, 1.54) is 0 Å². The second kappa shape index (κ2) is 15.0. The van der Waals surface area contributed by atoms with Crippen LogP contribution in [0.15, 0.2) is 87.4 Å². The van der Waals surface area contributed by atoms with Crippen molar-refractivity contribution in [3.05, 3.63) is 54.1 Å². The molecule has 0 fully saturated rings. The zero-order valence-corrected chi connectivity index (χ0v) is 31.4. The summed E-state index contributed by atoms with van der Waals surface area (Å²) in [6.07, 6.45) is 0. The number of nitrogens with two attached hydrogens (primary N) is 1. The molecule has 0 heterocycles. The minimum absolute atomic E-state index is 0.197. The van der Waals surface area contributed by atoms with Crippen LogP contribution in [0.2, 0.25) is 0 Å². The first-order valence-corrected chi connectivity index (χ1v) is 22.4. The molecule has 0 aliphatic rings. The van der Waals surface area contributed by atoms with Crippen LogP contribution in [-0.2, 0) is 64.9 Å². The first-order chi connectivity index (χ1) is 25.3. The SMILES string of the molecule is Nc1c(N=Nc2cc(F)c(S(=O)(=O)O)c(F)c2S(=O)(=O)O)c(S(=O)(=O)O)cc2cc(S(=O)(=O)O)c(N=Nc3ccc(S(=O)(=O)CCOS(=O)(=O)O)cc3)c(O)c12. The lowest BCUT2D eigenvalue weighted by Crippen LogP contribution is -2.15. The number of aromatic hydroxyl groups is 1. The van der Waals surface area contributed by atoms with Gasteiger partial charge in [-0.15, -0.1) is 15.3 Å². The lowest BCUT2D eigenvalue weighted by molar-refractivity contribution is 0.284. The Hall–Kier alpha value is -4.74. The molecular formula is C24H19F2N5O19S6. The van der Waals surface area contributed by atoms with Crippen molar-refractivity contribution in [3.63, 3.8) is 0 Å². The molecule has 8 N–H and O–H groups in total. The van der Waals surface area contributed by atoms with Crippen LogP contribution >= 0.6 is 0 Å². The van der Waals surface area contributed by atoms with Crippen LogP contribution in [-0.4, -0.2) is 90.7 Å². The maximum atomic E-state index is 14.9. The highest BCUT2D eigenvalue weighted by molar-refractivity contribution is 7.91. The molecule has 0 unspecified atom stereocenters. The van der Waals surface area contributed by atoms with E-state index in [1.54, 1.807) is 0 Å². The molecule has 56 heavy (non-hydrogen) atoms. The number of hydrogen-bond donors (Lipinski definition) is 7. The Morgan fingerprint density at radius 1 is 0.643 bits per heavy atom. The summed E-state index contributed by atoms with van der Waals surface area (Å²) in [5.41, 5.74) is 0.561. The van der Waals surface area contributed by atoms with Crippen LogP contribution in [0, 0.1) is 11.6 Å². The summed E-state index contributed by atoms with van der Waals surface area (Å²) in [7, 11) is -31.9. The van der Waals surface area contributed by atoms with Crippen molar-refractivity contribution >= 4 is 99.9 Å². The Balaban J connectivity index is 1.94. The molecule has 0 atom stereocenters. The number of nitrogen functional groups attached to an aromatic ring is 1. The number of phenolic OH excluding ortho intramolecular Hbond substituents is 1. The number of rotatable bonds is 13. The summed E-state index contributed by atoms with van der Waals surface area (Å²) in [6, 6.07) is 4.36. The van der Waals surface area contributed by atoms with Crippen molar-refractivity contribution in [2.75, 3.05) is 18.1 Å². The van der Waals surface area contributed by atoms with Crippen LogP contribution in [0.4, 0.5) is 37.2 Å². The fourth-order valence-corrected chi connectivity index (χ4v) is 8.74. The molecule has 4 rings (SSSR count). The monoisotopic (exact) mass is 911 g/mol. The van der Waals surface area contributed by atoms with Gasteiger partial charge in [0.15, 0.2) is 31.2 Å². The second-order valence-corrected chi connectivity index (χ2v) is 19.2. The third-order valence-corrected chi connectivity index (χ3v) is 12.5. The molecule has 0 radical (unpaired) electrons. The normalized spacial score (nSPS) is 13.6. The number of phenols is 1. The highest BCUT2D eigenvalue weighted by Gasteiger charge is 2.33. The predicted octanol–water partition coefficient (Wildman–Crippen LogP) is 2.82. The van der Waals surface area contributed by atoms with E-state index in [4.69, 9.17) is 14.8 Å². The lowest BCUT2D eigenvalue weighted by Gasteiger charge is -2.14. The minimum atomic E-state index is -5.91. The molecule has 0 amide bonds. The van der Waals surface area contributed by atoms with Crippen molar-refractivity contribution in [1.29, 1.82) is 0 Å². The Morgan fingerprint density at radius 2 is 1.14 bits per heavy atom. The van der Waals surface area contributed by atoms with Gasteiger partial charge < -0.3 is 10.8 Å². The largest absolute Gasteiger partial charge is 0.505 e. The Morgan fingerprint density at radius 3 is 1.62 bits per heavy atom. The standard InChI is InChI=1S/C24H19F2N5O19S6/c25-13-9-14(24(55(44,45)46)18(26)23(13)54(41,42)43)29-30-20-15(52(35,36)37)7-10-8-16(53(38,39)40)21(22(32)17(10)19(20)27)31-28-11-1-3-12(4-2-11)51(33,34)6-5-50-56(47,48)49/h1-4,7-9,32H,5-6,27H2,(H,35,36,37)(H,38,39,40)(H,41,42,43)(H,44,45,46)(H,47,48,49). The highest BCUT2D eigenvalue weighted by Crippen LogP contribution is 2.48. The van der Waals surface area contributed by atoms with Gasteiger partial charge in [0.2, 0.25) is 0 Å². The summed E-state index contributed by atoms with van der Waals surface area (Å²) < 4.78 is 222. The summed E-state index contributed by atoms with van der Waals surface area (Å²) >= 11 is 0. The first kappa shape index (κ1) is 44.0. The van der Waals surface area contributed by atoms with E-state index < -0.39 is 148 Å². The molecule has 0 bridgehead atoms.